The van der Waals surface area contributed by atoms with Gasteiger partial charge in [-0.1, -0.05) is 23.8 Å². The second-order valence-electron chi connectivity index (χ2n) is 7.16. The van der Waals surface area contributed by atoms with Crippen molar-refractivity contribution in [1.82, 2.24) is 15.6 Å². The first kappa shape index (κ1) is 23.4. The number of nitrogen functional groups attached to an aromatic ring is 1. The van der Waals surface area contributed by atoms with E-state index in [1.54, 1.807) is 36.5 Å². The second kappa shape index (κ2) is 12.0. The molecule has 0 spiro atoms. The quantitative estimate of drug-likeness (QED) is 0.216. The Hall–Kier alpha value is -3.87. The molecule has 0 fully saturated rings. The fourth-order valence-electron chi connectivity index (χ4n) is 2.61. The highest BCUT2D eigenvalue weighted by Gasteiger charge is 2.09. The number of nitrogens with zero attached hydrogens (tertiary/aromatic N) is 1. The standard InChI is InChI=1S/C24H29N5O2/c1-17(2)15-19(24(31)29-22-9-5-4-8-21(22)25)11-10-18(3)27-13-14-28-23(30)20-7-6-12-26-16-20/h4-12,15-16,27H,13-14,25H2,1-3H3,(H,28,30)(H,29,31)/b18-10+,19-11+. The van der Waals surface area contributed by atoms with Gasteiger partial charge in [-0.3, -0.25) is 14.6 Å². The maximum Gasteiger partial charge on any atom is 0.255 e. The third-order valence-corrected chi connectivity index (χ3v) is 4.17. The average molecular weight is 420 g/mol. The number of rotatable bonds is 9. The number of para-hydroxylation sites is 2. The third kappa shape index (κ3) is 8.18. The van der Waals surface area contributed by atoms with E-state index in [0.29, 0.717) is 35.6 Å². The van der Waals surface area contributed by atoms with Crippen LogP contribution in [0, 0.1) is 0 Å². The lowest BCUT2D eigenvalue weighted by Crippen LogP contribution is -2.31. The van der Waals surface area contributed by atoms with Crippen LogP contribution in [-0.4, -0.2) is 29.9 Å². The molecule has 7 heteroatoms. The average Bonchev–Trinajstić information content (AvgIpc) is 2.76. The Morgan fingerprint density at radius 1 is 1.00 bits per heavy atom. The van der Waals surface area contributed by atoms with E-state index in [4.69, 9.17) is 5.73 Å². The Balaban J connectivity index is 1.93. The van der Waals surface area contributed by atoms with Crippen LogP contribution >= 0.6 is 0 Å². The van der Waals surface area contributed by atoms with Crippen LogP contribution in [0.25, 0.3) is 0 Å². The van der Waals surface area contributed by atoms with Crippen LogP contribution in [-0.2, 0) is 4.79 Å². The van der Waals surface area contributed by atoms with Gasteiger partial charge >= 0.3 is 0 Å². The van der Waals surface area contributed by atoms with Gasteiger partial charge in [0.05, 0.1) is 16.9 Å². The van der Waals surface area contributed by atoms with Gasteiger partial charge in [-0.2, -0.15) is 0 Å². The van der Waals surface area contributed by atoms with Crippen molar-refractivity contribution in [2.45, 2.75) is 20.8 Å². The van der Waals surface area contributed by atoms with E-state index in [0.717, 1.165) is 11.3 Å². The molecule has 1 heterocycles. The van der Waals surface area contributed by atoms with Crippen molar-refractivity contribution in [3.8, 4) is 0 Å². The number of amides is 2. The van der Waals surface area contributed by atoms with Gasteiger partial charge in [0.1, 0.15) is 0 Å². The summed E-state index contributed by atoms with van der Waals surface area (Å²) < 4.78 is 0. The van der Waals surface area contributed by atoms with Crippen molar-refractivity contribution in [2.24, 2.45) is 0 Å². The molecule has 1 aromatic heterocycles. The largest absolute Gasteiger partial charge is 0.397 e. The van der Waals surface area contributed by atoms with Crippen LogP contribution in [0.3, 0.4) is 0 Å². The molecule has 0 unspecified atom stereocenters. The number of aromatic nitrogens is 1. The van der Waals surface area contributed by atoms with Crippen molar-refractivity contribution >= 4 is 23.2 Å². The van der Waals surface area contributed by atoms with Gasteiger partial charge in [-0.25, -0.2) is 0 Å². The summed E-state index contributed by atoms with van der Waals surface area (Å²) in [6, 6.07) is 10.6. The molecule has 2 rings (SSSR count). The predicted molar refractivity (Wildman–Crippen MR) is 125 cm³/mol. The maximum absolute atomic E-state index is 12.7. The van der Waals surface area contributed by atoms with Gasteiger partial charge in [0.25, 0.3) is 11.8 Å². The first-order valence-corrected chi connectivity index (χ1v) is 9.98. The second-order valence-corrected chi connectivity index (χ2v) is 7.16. The van der Waals surface area contributed by atoms with Gasteiger partial charge in [0.2, 0.25) is 0 Å². The summed E-state index contributed by atoms with van der Waals surface area (Å²) in [4.78, 5) is 28.6. The minimum atomic E-state index is -0.244. The van der Waals surface area contributed by atoms with Gasteiger partial charge < -0.3 is 21.7 Å². The zero-order valence-corrected chi connectivity index (χ0v) is 18.1. The van der Waals surface area contributed by atoms with E-state index < -0.39 is 0 Å². The maximum atomic E-state index is 12.7. The normalized spacial score (nSPS) is 11.5. The lowest BCUT2D eigenvalue weighted by molar-refractivity contribution is -0.112. The van der Waals surface area contributed by atoms with Crippen LogP contribution in [0.5, 0.6) is 0 Å². The molecule has 7 nitrogen and oxygen atoms in total. The van der Waals surface area contributed by atoms with Crippen LogP contribution < -0.4 is 21.7 Å². The molecule has 0 aliphatic rings. The lowest BCUT2D eigenvalue weighted by atomic mass is 10.1. The van der Waals surface area contributed by atoms with Crippen molar-refractivity contribution in [3.63, 3.8) is 0 Å². The van der Waals surface area contributed by atoms with Crippen LogP contribution in [0.1, 0.15) is 31.1 Å². The van der Waals surface area contributed by atoms with E-state index in [-0.39, 0.29) is 11.8 Å². The van der Waals surface area contributed by atoms with Crippen LogP contribution in [0.2, 0.25) is 0 Å². The molecule has 2 aromatic rings. The molecule has 0 atom stereocenters. The summed E-state index contributed by atoms with van der Waals surface area (Å²) in [6.45, 7) is 6.76. The van der Waals surface area contributed by atoms with E-state index in [1.807, 2.05) is 45.1 Å². The van der Waals surface area contributed by atoms with Crippen LogP contribution in [0.15, 0.2) is 83.9 Å². The molecular weight excluding hydrogens is 390 g/mol. The number of nitrogens with two attached hydrogens (primary N) is 1. The van der Waals surface area contributed by atoms with E-state index >= 15 is 0 Å². The van der Waals surface area contributed by atoms with E-state index in [9.17, 15) is 9.59 Å². The monoisotopic (exact) mass is 419 g/mol. The molecule has 1 aromatic carbocycles. The number of pyridine rings is 1. The lowest BCUT2D eigenvalue weighted by Gasteiger charge is -2.10. The highest BCUT2D eigenvalue weighted by Crippen LogP contribution is 2.18. The minimum absolute atomic E-state index is 0.167. The molecule has 2 amide bonds. The molecule has 0 bridgehead atoms. The molecule has 162 valence electrons. The van der Waals surface area contributed by atoms with Crippen molar-refractivity contribution < 1.29 is 9.59 Å². The van der Waals surface area contributed by atoms with E-state index in [1.165, 1.54) is 6.20 Å². The topological polar surface area (TPSA) is 109 Å². The number of benzene rings is 1. The summed E-state index contributed by atoms with van der Waals surface area (Å²) in [5.74, 6) is -0.411. The zero-order chi connectivity index (χ0) is 22.6. The third-order valence-electron chi connectivity index (χ3n) is 4.17. The molecule has 0 radical (unpaired) electrons. The van der Waals surface area contributed by atoms with Gasteiger partial charge in [0.15, 0.2) is 0 Å². The Morgan fingerprint density at radius 2 is 1.74 bits per heavy atom. The Morgan fingerprint density at radius 3 is 2.42 bits per heavy atom. The van der Waals surface area contributed by atoms with Gasteiger partial charge in [0, 0.05) is 36.8 Å². The first-order chi connectivity index (χ1) is 14.9. The van der Waals surface area contributed by atoms with Crippen LogP contribution in [0.4, 0.5) is 11.4 Å². The number of allylic oxidation sites excluding steroid dienone is 4. The highest BCUT2D eigenvalue weighted by atomic mass is 16.2. The fraction of sp³-hybridized carbons (Fsp3) is 0.208. The number of anilines is 2. The smallest absolute Gasteiger partial charge is 0.255 e. The fourth-order valence-corrected chi connectivity index (χ4v) is 2.61. The highest BCUT2D eigenvalue weighted by molar-refractivity contribution is 6.07. The summed E-state index contributed by atoms with van der Waals surface area (Å²) in [6.07, 6.45) is 8.53. The number of carbonyl (C=O) groups is 2. The number of hydrogen-bond donors (Lipinski definition) is 4. The number of hydrogen-bond acceptors (Lipinski definition) is 5. The summed E-state index contributed by atoms with van der Waals surface area (Å²) in [7, 11) is 0. The Bertz CT molecular complexity index is 990. The first-order valence-electron chi connectivity index (χ1n) is 9.98. The number of carbonyl (C=O) groups excluding carboxylic acids is 2. The van der Waals surface area contributed by atoms with Crippen molar-refractivity contribution in [1.29, 1.82) is 0 Å². The molecule has 31 heavy (non-hydrogen) atoms. The molecule has 5 N–H and O–H groups in total. The molecule has 0 saturated carbocycles. The minimum Gasteiger partial charge on any atom is -0.397 e. The SMILES string of the molecule is CC(C)=C/C(=C\C=C(/C)NCCNC(=O)c1cccnc1)C(=O)Nc1ccccc1N. The van der Waals surface area contributed by atoms with Gasteiger partial charge in [-0.05, 0) is 57.2 Å². The summed E-state index contributed by atoms with van der Waals surface area (Å²) in [5, 5.41) is 8.88. The molecule has 0 saturated heterocycles. The molecule has 0 aliphatic carbocycles. The summed E-state index contributed by atoms with van der Waals surface area (Å²) >= 11 is 0. The van der Waals surface area contributed by atoms with Crippen molar-refractivity contribution in [3.05, 3.63) is 89.4 Å². The number of nitrogens with one attached hydrogen (secondary N) is 3. The van der Waals surface area contributed by atoms with Gasteiger partial charge in [-0.15, -0.1) is 0 Å². The Labute approximate surface area is 183 Å². The van der Waals surface area contributed by atoms with Crippen molar-refractivity contribution in [2.75, 3.05) is 24.1 Å². The van der Waals surface area contributed by atoms with E-state index in [2.05, 4.69) is 20.9 Å². The predicted octanol–water partition coefficient (Wildman–Crippen LogP) is 3.42. The molecule has 0 aliphatic heterocycles. The Kier molecular flexibility index (Phi) is 9.04. The molecular formula is C24H29N5O2. The summed E-state index contributed by atoms with van der Waals surface area (Å²) in [5.41, 5.74) is 9.89. The zero-order valence-electron chi connectivity index (χ0n) is 18.1.